The van der Waals surface area contributed by atoms with Gasteiger partial charge >= 0.3 is 6.18 Å². The molecule has 84 valence electrons. The molecule has 0 amide bonds. The lowest BCUT2D eigenvalue weighted by Crippen LogP contribution is -2.14. The zero-order valence-electron chi connectivity index (χ0n) is 8.23. The SMILES string of the molecule is Cc1ccc(-n2nnnc2C(F)(F)F)cc1. The van der Waals surface area contributed by atoms with E-state index in [2.05, 4.69) is 15.5 Å². The monoisotopic (exact) mass is 228 g/mol. The smallest absolute Gasteiger partial charge is 0.189 e. The van der Waals surface area contributed by atoms with Crippen LogP contribution in [0.25, 0.3) is 5.69 Å². The molecule has 0 fully saturated rings. The van der Waals surface area contributed by atoms with Crippen molar-refractivity contribution in [1.29, 1.82) is 0 Å². The number of tetrazole rings is 1. The van der Waals surface area contributed by atoms with E-state index in [4.69, 9.17) is 0 Å². The fraction of sp³-hybridized carbons (Fsp3) is 0.222. The van der Waals surface area contributed by atoms with Gasteiger partial charge in [0, 0.05) is 0 Å². The Balaban J connectivity index is 2.49. The van der Waals surface area contributed by atoms with E-state index in [0.717, 1.165) is 5.56 Å². The highest BCUT2D eigenvalue weighted by Crippen LogP contribution is 2.28. The van der Waals surface area contributed by atoms with Gasteiger partial charge in [0.05, 0.1) is 5.69 Å². The van der Waals surface area contributed by atoms with Gasteiger partial charge < -0.3 is 0 Å². The molecule has 4 nitrogen and oxygen atoms in total. The third kappa shape index (κ3) is 1.88. The van der Waals surface area contributed by atoms with Crippen molar-refractivity contribution < 1.29 is 13.2 Å². The zero-order valence-corrected chi connectivity index (χ0v) is 8.23. The number of benzene rings is 1. The van der Waals surface area contributed by atoms with Gasteiger partial charge in [-0.05, 0) is 29.5 Å². The molecule has 0 bridgehead atoms. The van der Waals surface area contributed by atoms with Crippen molar-refractivity contribution in [3.8, 4) is 5.69 Å². The highest BCUT2D eigenvalue weighted by Gasteiger charge is 2.38. The number of hydrogen-bond donors (Lipinski definition) is 0. The van der Waals surface area contributed by atoms with Gasteiger partial charge in [0.25, 0.3) is 5.82 Å². The lowest BCUT2D eigenvalue weighted by atomic mass is 10.2. The van der Waals surface area contributed by atoms with Crippen molar-refractivity contribution in [3.63, 3.8) is 0 Å². The van der Waals surface area contributed by atoms with E-state index in [0.29, 0.717) is 4.68 Å². The summed E-state index contributed by atoms with van der Waals surface area (Å²) in [4.78, 5) is 0. The van der Waals surface area contributed by atoms with E-state index < -0.39 is 12.0 Å². The van der Waals surface area contributed by atoms with E-state index >= 15 is 0 Å². The quantitative estimate of drug-likeness (QED) is 0.749. The standard InChI is InChI=1S/C9H7F3N4/c1-6-2-4-7(5-3-6)16-8(9(10,11)12)13-14-15-16/h2-5H,1H3. The van der Waals surface area contributed by atoms with Crippen molar-refractivity contribution in [3.05, 3.63) is 35.7 Å². The predicted molar refractivity (Wildman–Crippen MR) is 48.9 cm³/mol. The first-order chi connectivity index (χ1) is 7.48. The van der Waals surface area contributed by atoms with Crippen molar-refractivity contribution >= 4 is 0 Å². The average Bonchev–Trinajstić information content (AvgIpc) is 2.66. The Kier molecular flexibility index (Phi) is 2.37. The molecule has 0 N–H and O–H groups in total. The summed E-state index contributed by atoms with van der Waals surface area (Å²) in [5, 5.41) is 9.31. The van der Waals surface area contributed by atoms with Crippen LogP contribution in [0.1, 0.15) is 11.4 Å². The molecule has 0 atom stereocenters. The van der Waals surface area contributed by atoms with Gasteiger partial charge in [-0.25, -0.2) is 0 Å². The molecular formula is C9H7F3N4. The van der Waals surface area contributed by atoms with Crippen molar-refractivity contribution in [2.24, 2.45) is 0 Å². The van der Waals surface area contributed by atoms with Crippen LogP contribution in [0, 0.1) is 6.92 Å². The minimum absolute atomic E-state index is 0.280. The maximum atomic E-state index is 12.5. The molecule has 0 aliphatic carbocycles. The van der Waals surface area contributed by atoms with E-state index in [1.807, 2.05) is 6.92 Å². The summed E-state index contributed by atoms with van der Waals surface area (Å²) >= 11 is 0. The summed E-state index contributed by atoms with van der Waals surface area (Å²) in [5.41, 5.74) is 1.23. The fourth-order valence-electron chi connectivity index (χ4n) is 1.22. The maximum absolute atomic E-state index is 12.5. The van der Waals surface area contributed by atoms with Gasteiger partial charge in [-0.3, -0.25) is 0 Å². The first-order valence-electron chi connectivity index (χ1n) is 4.41. The van der Waals surface area contributed by atoms with Crippen molar-refractivity contribution in [1.82, 2.24) is 20.2 Å². The third-order valence-electron chi connectivity index (χ3n) is 2.00. The van der Waals surface area contributed by atoms with E-state index in [-0.39, 0.29) is 5.69 Å². The summed E-state index contributed by atoms with van der Waals surface area (Å²) in [6.07, 6.45) is -4.56. The summed E-state index contributed by atoms with van der Waals surface area (Å²) in [5.74, 6) is -1.13. The zero-order chi connectivity index (χ0) is 11.8. The number of rotatable bonds is 1. The largest absolute Gasteiger partial charge is 0.453 e. The first-order valence-corrected chi connectivity index (χ1v) is 4.41. The molecule has 0 radical (unpaired) electrons. The topological polar surface area (TPSA) is 43.6 Å². The second-order valence-corrected chi connectivity index (χ2v) is 3.25. The number of hydrogen-bond acceptors (Lipinski definition) is 3. The van der Waals surface area contributed by atoms with Crippen LogP contribution in [0.15, 0.2) is 24.3 Å². The number of aryl methyl sites for hydroxylation is 1. The predicted octanol–water partition coefficient (Wildman–Crippen LogP) is 1.99. The number of halogens is 3. The molecule has 0 saturated heterocycles. The summed E-state index contributed by atoms with van der Waals surface area (Å²) in [6, 6.07) is 6.44. The number of alkyl halides is 3. The molecular weight excluding hydrogens is 221 g/mol. The van der Waals surface area contributed by atoms with Crippen molar-refractivity contribution in [2.75, 3.05) is 0 Å². The fourth-order valence-corrected chi connectivity index (χ4v) is 1.22. The second-order valence-electron chi connectivity index (χ2n) is 3.25. The van der Waals surface area contributed by atoms with Crippen LogP contribution < -0.4 is 0 Å². The Morgan fingerprint density at radius 2 is 1.75 bits per heavy atom. The van der Waals surface area contributed by atoms with Gasteiger partial charge in [0.2, 0.25) is 0 Å². The lowest BCUT2D eigenvalue weighted by Gasteiger charge is -2.06. The minimum Gasteiger partial charge on any atom is -0.189 e. The highest BCUT2D eigenvalue weighted by molar-refractivity contribution is 5.33. The molecule has 16 heavy (non-hydrogen) atoms. The van der Waals surface area contributed by atoms with Crippen LogP contribution in [0.4, 0.5) is 13.2 Å². The molecule has 0 spiro atoms. The van der Waals surface area contributed by atoms with Crippen LogP contribution in [0.2, 0.25) is 0 Å². The van der Waals surface area contributed by atoms with Gasteiger partial charge in [-0.2, -0.15) is 17.9 Å². The van der Waals surface area contributed by atoms with E-state index in [1.54, 1.807) is 12.1 Å². The summed E-state index contributed by atoms with van der Waals surface area (Å²) < 4.78 is 38.1. The van der Waals surface area contributed by atoms with Gasteiger partial charge in [0.1, 0.15) is 0 Å². The first kappa shape index (κ1) is 10.6. The average molecular weight is 228 g/mol. The lowest BCUT2D eigenvalue weighted by molar-refractivity contribution is -0.146. The van der Waals surface area contributed by atoms with Crippen LogP contribution in [0.5, 0.6) is 0 Å². The molecule has 1 heterocycles. The molecule has 0 aliphatic rings. The minimum atomic E-state index is -4.56. The molecule has 0 unspecified atom stereocenters. The van der Waals surface area contributed by atoms with E-state index in [9.17, 15) is 13.2 Å². The van der Waals surface area contributed by atoms with Crippen molar-refractivity contribution in [2.45, 2.75) is 13.1 Å². The van der Waals surface area contributed by atoms with Gasteiger partial charge in [-0.15, -0.1) is 5.10 Å². The van der Waals surface area contributed by atoms with Gasteiger partial charge in [0.15, 0.2) is 0 Å². The Bertz CT molecular complexity index is 486. The molecule has 0 aliphatic heterocycles. The number of nitrogens with zero attached hydrogens (tertiary/aromatic N) is 4. The summed E-state index contributed by atoms with van der Waals surface area (Å²) in [7, 11) is 0. The second kappa shape index (κ2) is 3.58. The van der Waals surface area contributed by atoms with Crippen LogP contribution in [0.3, 0.4) is 0 Å². The normalized spacial score (nSPS) is 11.8. The van der Waals surface area contributed by atoms with E-state index in [1.165, 1.54) is 12.1 Å². The maximum Gasteiger partial charge on any atom is 0.453 e. The van der Waals surface area contributed by atoms with Crippen LogP contribution in [-0.4, -0.2) is 20.2 Å². The van der Waals surface area contributed by atoms with Gasteiger partial charge in [-0.1, -0.05) is 17.7 Å². The Morgan fingerprint density at radius 1 is 1.12 bits per heavy atom. The van der Waals surface area contributed by atoms with Crippen LogP contribution in [-0.2, 0) is 6.18 Å². The molecule has 2 rings (SSSR count). The Labute approximate surface area is 88.7 Å². The molecule has 1 aromatic carbocycles. The molecule has 0 saturated carbocycles. The Morgan fingerprint density at radius 3 is 2.31 bits per heavy atom. The molecule has 1 aromatic heterocycles. The summed E-state index contributed by atoms with van der Waals surface area (Å²) in [6.45, 7) is 1.84. The molecule has 2 aromatic rings. The number of aromatic nitrogens is 4. The highest BCUT2D eigenvalue weighted by atomic mass is 19.4. The Hall–Kier alpha value is -1.92. The third-order valence-corrected chi connectivity index (χ3v) is 2.00. The van der Waals surface area contributed by atoms with Crippen LogP contribution >= 0.6 is 0 Å². The molecule has 7 heteroatoms.